The van der Waals surface area contributed by atoms with Crippen LogP contribution in [0.2, 0.25) is 0 Å². The third-order valence-corrected chi connectivity index (χ3v) is 1.97. The molecule has 0 aliphatic heterocycles. The second-order valence-corrected chi connectivity index (χ2v) is 2.80. The second-order valence-electron chi connectivity index (χ2n) is 2.80. The van der Waals surface area contributed by atoms with Crippen molar-refractivity contribution in [1.82, 2.24) is 0 Å². The van der Waals surface area contributed by atoms with Crippen molar-refractivity contribution in [1.29, 1.82) is 5.26 Å². The van der Waals surface area contributed by atoms with Crippen LogP contribution in [0.15, 0.2) is 18.2 Å². The minimum Gasteiger partial charge on any atom is -0.495 e. The topological polar surface area (TPSA) is 50.1 Å². The van der Waals surface area contributed by atoms with Crippen molar-refractivity contribution >= 4 is 5.78 Å². The number of hydrogen-bond donors (Lipinski definition) is 0. The molecule has 3 nitrogen and oxygen atoms in total. The summed E-state index contributed by atoms with van der Waals surface area (Å²) in [6.45, 7) is 1.80. The van der Waals surface area contributed by atoms with E-state index in [0.29, 0.717) is 23.3 Å². The van der Waals surface area contributed by atoms with E-state index in [0.717, 1.165) is 0 Å². The van der Waals surface area contributed by atoms with Gasteiger partial charge in [-0.1, -0.05) is 6.92 Å². The van der Waals surface area contributed by atoms with Crippen LogP contribution < -0.4 is 4.74 Å². The van der Waals surface area contributed by atoms with Crippen LogP contribution in [0.1, 0.15) is 29.3 Å². The molecule has 1 aromatic carbocycles. The summed E-state index contributed by atoms with van der Waals surface area (Å²) in [5, 5.41) is 8.72. The van der Waals surface area contributed by atoms with Crippen molar-refractivity contribution < 1.29 is 9.53 Å². The molecule has 0 bridgehead atoms. The standard InChI is InChI=1S/C11H11NO2/c1-3-10(13)8-4-5-9(7-12)11(6-8)14-2/h4-6H,3H2,1-2H3. The lowest BCUT2D eigenvalue weighted by atomic mass is 10.1. The number of rotatable bonds is 3. The van der Waals surface area contributed by atoms with E-state index in [9.17, 15) is 4.79 Å². The molecule has 14 heavy (non-hydrogen) atoms. The highest BCUT2D eigenvalue weighted by Crippen LogP contribution is 2.19. The molecule has 0 radical (unpaired) electrons. The van der Waals surface area contributed by atoms with Crippen molar-refractivity contribution in [3.8, 4) is 11.8 Å². The summed E-state index contributed by atoms with van der Waals surface area (Å²) in [6, 6.07) is 6.84. The van der Waals surface area contributed by atoms with Crippen LogP contribution in [0.3, 0.4) is 0 Å². The molecule has 0 aromatic heterocycles. The second kappa shape index (κ2) is 4.43. The van der Waals surface area contributed by atoms with E-state index in [2.05, 4.69) is 0 Å². The fourth-order valence-corrected chi connectivity index (χ4v) is 1.16. The van der Waals surface area contributed by atoms with Gasteiger partial charge in [0, 0.05) is 12.0 Å². The molecule has 1 aromatic rings. The average molecular weight is 189 g/mol. The third kappa shape index (κ3) is 1.91. The predicted octanol–water partition coefficient (Wildman–Crippen LogP) is 2.16. The monoisotopic (exact) mass is 189 g/mol. The van der Waals surface area contributed by atoms with E-state index in [1.54, 1.807) is 25.1 Å². The fraction of sp³-hybridized carbons (Fsp3) is 0.273. The number of ketones is 1. The van der Waals surface area contributed by atoms with Gasteiger partial charge in [-0.2, -0.15) is 5.26 Å². The summed E-state index contributed by atoms with van der Waals surface area (Å²) in [5.74, 6) is 0.500. The highest BCUT2D eigenvalue weighted by Gasteiger charge is 2.07. The van der Waals surface area contributed by atoms with Crippen molar-refractivity contribution in [3.05, 3.63) is 29.3 Å². The van der Waals surface area contributed by atoms with E-state index in [-0.39, 0.29) is 5.78 Å². The van der Waals surface area contributed by atoms with Gasteiger partial charge in [-0.3, -0.25) is 4.79 Å². The van der Waals surface area contributed by atoms with Gasteiger partial charge in [-0.15, -0.1) is 0 Å². The molecule has 3 heteroatoms. The minimum absolute atomic E-state index is 0.0489. The van der Waals surface area contributed by atoms with Crippen LogP contribution >= 0.6 is 0 Å². The first-order chi connectivity index (χ1) is 6.72. The van der Waals surface area contributed by atoms with Crippen molar-refractivity contribution in [2.24, 2.45) is 0 Å². The molecule has 0 saturated heterocycles. The van der Waals surface area contributed by atoms with Gasteiger partial charge in [0.25, 0.3) is 0 Å². The molecular formula is C11H11NO2. The zero-order valence-corrected chi connectivity index (χ0v) is 8.20. The summed E-state index contributed by atoms with van der Waals surface area (Å²) in [6.07, 6.45) is 0.453. The summed E-state index contributed by atoms with van der Waals surface area (Å²) in [7, 11) is 1.48. The summed E-state index contributed by atoms with van der Waals surface area (Å²) >= 11 is 0. The molecule has 1 rings (SSSR count). The van der Waals surface area contributed by atoms with Gasteiger partial charge in [0.2, 0.25) is 0 Å². The smallest absolute Gasteiger partial charge is 0.162 e. The molecule has 0 saturated carbocycles. The Labute approximate surface area is 82.9 Å². The van der Waals surface area contributed by atoms with Crippen LogP contribution in [0.25, 0.3) is 0 Å². The molecule has 0 unspecified atom stereocenters. The Morgan fingerprint density at radius 2 is 2.29 bits per heavy atom. The first-order valence-corrected chi connectivity index (χ1v) is 4.34. The first kappa shape index (κ1) is 10.3. The number of methoxy groups -OCH3 is 1. The third-order valence-electron chi connectivity index (χ3n) is 1.97. The Kier molecular flexibility index (Phi) is 3.24. The molecular weight excluding hydrogens is 178 g/mol. The molecule has 0 atom stereocenters. The van der Waals surface area contributed by atoms with E-state index < -0.39 is 0 Å². The number of hydrogen-bond acceptors (Lipinski definition) is 3. The maximum atomic E-state index is 11.3. The highest BCUT2D eigenvalue weighted by atomic mass is 16.5. The zero-order chi connectivity index (χ0) is 10.6. The Balaban J connectivity index is 3.15. The quantitative estimate of drug-likeness (QED) is 0.684. The van der Waals surface area contributed by atoms with Crippen molar-refractivity contribution in [2.45, 2.75) is 13.3 Å². The lowest BCUT2D eigenvalue weighted by molar-refractivity contribution is 0.0988. The average Bonchev–Trinajstić information content (AvgIpc) is 2.26. The maximum Gasteiger partial charge on any atom is 0.162 e. The molecule has 0 heterocycles. The summed E-state index contributed by atoms with van der Waals surface area (Å²) < 4.78 is 5.00. The van der Waals surface area contributed by atoms with Gasteiger partial charge in [0.15, 0.2) is 5.78 Å². The van der Waals surface area contributed by atoms with Gasteiger partial charge in [0.1, 0.15) is 11.8 Å². The molecule has 0 amide bonds. The van der Waals surface area contributed by atoms with E-state index >= 15 is 0 Å². The van der Waals surface area contributed by atoms with Crippen molar-refractivity contribution in [3.63, 3.8) is 0 Å². The Morgan fingerprint density at radius 1 is 1.57 bits per heavy atom. The highest BCUT2D eigenvalue weighted by molar-refractivity contribution is 5.96. The van der Waals surface area contributed by atoms with Crippen LogP contribution in [0.5, 0.6) is 5.75 Å². The van der Waals surface area contributed by atoms with E-state index in [4.69, 9.17) is 10.00 Å². The lowest BCUT2D eigenvalue weighted by Gasteiger charge is -2.04. The zero-order valence-electron chi connectivity index (χ0n) is 8.20. The maximum absolute atomic E-state index is 11.3. The van der Waals surface area contributed by atoms with Crippen molar-refractivity contribution in [2.75, 3.05) is 7.11 Å². The molecule has 0 aliphatic rings. The largest absolute Gasteiger partial charge is 0.495 e. The Bertz CT molecular complexity index is 391. The van der Waals surface area contributed by atoms with Gasteiger partial charge in [-0.25, -0.2) is 0 Å². The first-order valence-electron chi connectivity index (χ1n) is 4.34. The molecule has 72 valence electrons. The van der Waals surface area contributed by atoms with Crippen LogP contribution in [-0.2, 0) is 0 Å². The molecule has 0 N–H and O–H groups in total. The Morgan fingerprint density at radius 3 is 2.79 bits per heavy atom. The van der Waals surface area contributed by atoms with Crippen LogP contribution in [0.4, 0.5) is 0 Å². The number of ether oxygens (including phenoxy) is 1. The molecule has 0 aliphatic carbocycles. The van der Waals surface area contributed by atoms with Gasteiger partial charge in [-0.05, 0) is 18.2 Å². The van der Waals surface area contributed by atoms with E-state index in [1.807, 2.05) is 6.07 Å². The fourth-order valence-electron chi connectivity index (χ4n) is 1.16. The van der Waals surface area contributed by atoms with Gasteiger partial charge in [0.05, 0.1) is 12.7 Å². The van der Waals surface area contributed by atoms with Gasteiger partial charge >= 0.3 is 0 Å². The van der Waals surface area contributed by atoms with Crippen LogP contribution in [0, 0.1) is 11.3 Å². The Hall–Kier alpha value is -1.82. The lowest BCUT2D eigenvalue weighted by Crippen LogP contribution is -1.98. The SMILES string of the molecule is CCC(=O)c1ccc(C#N)c(OC)c1. The number of nitriles is 1. The summed E-state index contributed by atoms with van der Waals surface area (Å²) in [5.41, 5.74) is 1.03. The van der Waals surface area contributed by atoms with E-state index in [1.165, 1.54) is 7.11 Å². The number of carbonyl (C=O) groups excluding carboxylic acids is 1. The molecule has 0 spiro atoms. The van der Waals surface area contributed by atoms with Gasteiger partial charge < -0.3 is 4.74 Å². The number of nitrogens with zero attached hydrogens (tertiary/aromatic N) is 1. The number of carbonyl (C=O) groups is 1. The van der Waals surface area contributed by atoms with Crippen LogP contribution in [-0.4, -0.2) is 12.9 Å². The minimum atomic E-state index is 0.0489. The molecule has 0 fully saturated rings. The number of benzene rings is 1. The predicted molar refractivity (Wildman–Crippen MR) is 52.3 cm³/mol. The number of Topliss-reactive ketones (excluding diaryl/α,β-unsaturated/α-hetero) is 1. The summed E-state index contributed by atoms with van der Waals surface area (Å²) in [4.78, 5) is 11.3. The normalized spacial score (nSPS) is 9.21.